The van der Waals surface area contributed by atoms with E-state index in [-0.39, 0.29) is 25.4 Å². The lowest BCUT2D eigenvalue weighted by Gasteiger charge is -2.20. The fourth-order valence-electron chi connectivity index (χ4n) is 5.60. The molecule has 2 aromatic heterocycles. The molecule has 0 amide bonds. The van der Waals surface area contributed by atoms with Crippen LogP contribution in [0.3, 0.4) is 0 Å². The van der Waals surface area contributed by atoms with E-state index in [0.29, 0.717) is 21.4 Å². The van der Waals surface area contributed by atoms with Gasteiger partial charge in [-0.05, 0) is 37.4 Å². The van der Waals surface area contributed by atoms with Crippen LogP contribution in [0.4, 0.5) is 10.3 Å². The quantitative estimate of drug-likeness (QED) is 0.174. The SMILES string of the molecule is CN1CCc2nc(N(Cc3ccc(C(=O)CN)cc3)S(C)(=O)=O)sc2C1.COC(=O)c1ccc(CN(c2nc3c(s2)CN(C)CC3)S(C)(=O)=O)cc1. The molecule has 2 N–H and O–H groups in total. The van der Waals surface area contributed by atoms with Crippen molar-refractivity contribution in [2.24, 2.45) is 5.73 Å². The Kier molecular flexibility index (Phi) is 12.5. The lowest BCUT2D eigenvalue weighted by atomic mass is 10.1. The highest BCUT2D eigenvalue weighted by Crippen LogP contribution is 2.34. The second-order valence-corrected chi connectivity index (χ2v) is 18.7. The third-order valence-electron chi connectivity index (χ3n) is 8.54. The number of hydrogen-bond acceptors (Lipinski definition) is 14. The fraction of sp³-hybridized carbons (Fsp3) is 0.412. The molecule has 0 spiro atoms. The zero-order chi connectivity index (χ0) is 37.8. The third kappa shape index (κ3) is 9.80. The Labute approximate surface area is 312 Å². The van der Waals surface area contributed by atoms with Gasteiger partial charge in [-0.25, -0.2) is 40.2 Å². The van der Waals surface area contributed by atoms with Crippen LogP contribution < -0.4 is 14.3 Å². The first kappa shape index (κ1) is 39.4. The topological polar surface area (TPSA) is 176 Å². The summed E-state index contributed by atoms with van der Waals surface area (Å²) in [6, 6.07) is 13.6. The monoisotopic (exact) mass is 789 g/mol. The Bertz CT molecular complexity index is 1970. The lowest BCUT2D eigenvalue weighted by molar-refractivity contribution is 0.0600. The van der Waals surface area contributed by atoms with E-state index < -0.39 is 26.0 Å². The van der Waals surface area contributed by atoms with E-state index in [4.69, 9.17) is 5.73 Å². The van der Waals surface area contributed by atoms with Gasteiger partial charge < -0.3 is 20.3 Å². The van der Waals surface area contributed by atoms with Crippen LogP contribution in [0.25, 0.3) is 0 Å². The second kappa shape index (κ2) is 16.5. The van der Waals surface area contributed by atoms with Crippen LogP contribution in [0.2, 0.25) is 0 Å². The number of methoxy groups -OCH3 is 1. The molecule has 0 atom stereocenters. The van der Waals surface area contributed by atoms with Crippen LogP contribution in [-0.4, -0.2) is 102 Å². The van der Waals surface area contributed by atoms with E-state index in [1.807, 2.05) is 14.1 Å². The maximum atomic E-state index is 12.3. The summed E-state index contributed by atoms with van der Waals surface area (Å²) in [5.41, 5.74) is 9.84. The van der Waals surface area contributed by atoms with Gasteiger partial charge in [0.1, 0.15) is 0 Å². The molecule has 0 radical (unpaired) electrons. The molecule has 0 aliphatic carbocycles. The number of carbonyl (C=O) groups excluding carboxylic acids is 2. The summed E-state index contributed by atoms with van der Waals surface area (Å²) in [5, 5.41) is 0.986. The number of fused-ring (bicyclic) bond motifs is 2. The summed E-state index contributed by atoms with van der Waals surface area (Å²) in [5.74, 6) is -0.568. The molecule has 6 rings (SSSR count). The molecule has 0 fully saturated rings. The zero-order valence-corrected chi connectivity index (χ0v) is 33.0. The number of thiazole rings is 2. The van der Waals surface area contributed by atoms with Crippen LogP contribution in [0, 0.1) is 0 Å². The molecule has 18 heteroatoms. The number of aromatic nitrogens is 2. The summed E-state index contributed by atoms with van der Waals surface area (Å²) >= 11 is 2.85. The number of sulfonamides is 2. The number of ketones is 1. The molecule has 2 aromatic carbocycles. The summed E-state index contributed by atoms with van der Waals surface area (Å²) < 4.78 is 56.7. The van der Waals surface area contributed by atoms with Crippen LogP contribution in [-0.2, 0) is 63.8 Å². The Morgan fingerprint density at radius 1 is 0.750 bits per heavy atom. The minimum Gasteiger partial charge on any atom is -0.465 e. The number of benzene rings is 2. The van der Waals surface area contributed by atoms with E-state index in [1.165, 1.54) is 50.9 Å². The van der Waals surface area contributed by atoms with Crippen LogP contribution in [0.15, 0.2) is 48.5 Å². The standard InChI is InChI=1S/C17H22N4O3S2.C17H21N3O4S2/c1-20-8-7-14-16(11-20)25-17(19-14)21(26(2,23)24)10-12-3-5-13(6-4-12)15(22)9-18;1-19-9-8-14-15(11-19)25-17(18-14)20(26(3,22)23)10-12-4-6-13(7-5-12)16(21)24-2/h3-6H,7-11,18H2,1-2H3;4-7H,8-11H2,1-3H3. The molecule has 4 aromatic rings. The van der Waals surface area contributed by atoms with Crippen LogP contribution >= 0.6 is 22.7 Å². The third-order valence-corrected chi connectivity index (χ3v) is 13.2. The van der Waals surface area contributed by atoms with Crippen molar-refractivity contribution >= 4 is 64.7 Å². The van der Waals surface area contributed by atoms with Gasteiger partial charge in [0, 0.05) is 54.3 Å². The molecular formula is C34H43N7O7S4. The number of carbonyl (C=O) groups is 2. The highest BCUT2D eigenvalue weighted by molar-refractivity contribution is 7.92. The van der Waals surface area contributed by atoms with Crippen molar-refractivity contribution in [3.63, 3.8) is 0 Å². The van der Waals surface area contributed by atoms with Crippen LogP contribution in [0.5, 0.6) is 0 Å². The number of nitrogens with zero attached hydrogens (tertiary/aromatic N) is 6. The zero-order valence-electron chi connectivity index (χ0n) is 29.7. The van der Waals surface area contributed by atoms with Gasteiger partial charge in [-0.1, -0.05) is 59.1 Å². The van der Waals surface area contributed by atoms with Gasteiger partial charge >= 0.3 is 5.97 Å². The number of anilines is 2. The highest BCUT2D eigenvalue weighted by atomic mass is 32.2. The highest BCUT2D eigenvalue weighted by Gasteiger charge is 2.27. The molecule has 4 heterocycles. The van der Waals surface area contributed by atoms with E-state index in [2.05, 4.69) is 24.5 Å². The number of ether oxygens (including phenoxy) is 1. The molecule has 2 aliphatic rings. The summed E-state index contributed by atoms with van der Waals surface area (Å²) in [4.78, 5) is 38.9. The average Bonchev–Trinajstić information content (AvgIpc) is 3.72. The predicted molar refractivity (Wildman–Crippen MR) is 204 cm³/mol. The molecule has 0 saturated carbocycles. The van der Waals surface area contributed by atoms with Gasteiger partial charge in [0.15, 0.2) is 16.0 Å². The first-order valence-electron chi connectivity index (χ1n) is 16.3. The molecule has 0 saturated heterocycles. The molecule has 0 bridgehead atoms. The van der Waals surface area contributed by atoms with Gasteiger partial charge in [0.2, 0.25) is 20.0 Å². The Morgan fingerprint density at radius 3 is 1.52 bits per heavy atom. The molecule has 2 aliphatic heterocycles. The number of Topliss-reactive ketones (excluding diaryl/α,β-unsaturated/α-hetero) is 1. The van der Waals surface area contributed by atoms with E-state index in [9.17, 15) is 26.4 Å². The first-order chi connectivity index (χ1) is 24.5. The van der Waals surface area contributed by atoms with Crippen molar-refractivity contribution in [1.29, 1.82) is 0 Å². The van der Waals surface area contributed by atoms with Crippen molar-refractivity contribution in [3.05, 3.63) is 91.9 Å². The summed E-state index contributed by atoms with van der Waals surface area (Å²) in [6.07, 6.45) is 4.03. The number of nitrogens with two attached hydrogens (primary N) is 1. The predicted octanol–water partition coefficient (Wildman–Crippen LogP) is 3.12. The number of esters is 1. The van der Waals surface area contributed by atoms with Crippen LogP contribution in [0.1, 0.15) is 53.0 Å². The Hall–Kier alpha value is -3.78. The van der Waals surface area contributed by atoms with E-state index in [1.54, 1.807) is 48.5 Å². The smallest absolute Gasteiger partial charge is 0.337 e. The van der Waals surface area contributed by atoms with E-state index >= 15 is 0 Å². The largest absolute Gasteiger partial charge is 0.465 e. The number of likely N-dealkylation sites (N-methyl/N-ethyl adjacent to an activating group) is 2. The van der Waals surface area contributed by atoms with E-state index in [0.717, 1.165) is 71.3 Å². The lowest BCUT2D eigenvalue weighted by Crippen LogP contribution is -2.29. The second-order valence-electron chi connectivity index (χ2n) is 12.8. The van der Waals surface area contributed by atoms with Crippen molar-refractivity contribution in [2.75, 3.05) is 62.0 Å². The minimum atomic E-state index is -3.48. The molecule has 14 nitrogen and oxygen atoms in total. The normalized spacial score (nSPS) is 14.8. The molecular weight excluding hydrogens is 747 g/mol. The number of hydrogen-bond donors (Lipinski definition) is 1. The summed E-state index contributed by atoms with van der Waals surface area (Å²) in [7, 11) is -1.56. The fourth-order valence-corrected chi connectivity index (χ4v) is 10.2. The van der Waals surface area contributed by atoms with Gasteiger partial charge in [0.25, 0.3) is 0 Å². The van der Waals surface area contributed by atoms with Gasteiger partial charge in [-0.15, -0.1) is 0 Å². The maximum absolute atomic E-state index is 12.3. The van der Waals surface area contributed by atoms with Gasteiger partial charge in [-0.2, -0.15) is 0 Å². The Morgan fingerprint density at radius 2 is 1.15 bits per heavy atom. The maximum Gasteiger partial charge on any atom is 0.337 e. The molecule has 52 heavy (non-hydrogen) atoms. The first-order valence-corrected chi connectivity index (χ1v) is 21.7. The molecule has 280 valence electrons. The molecule has 0 unspecified atom stereocenters. The minimum absolute atomic E-state index is 0.0477. The van der Waals surface area contributed by atoms with Gasteiger partial charge in [0.05, 0.1) is 56.2 Å². The van der Waals surface area contributed by atoms with Gasteiger partial charge in [-0.3, -0.25) is 4.79 Å². The average molecular weight is 790 g/mol. The summed E-state index contributed by atoms with van der Waals surface area (Å²) in [6.45, 7) is 3.73. The van der Waals surface area contributed by atoms with Crippen molar-refractivity contribution in [1.82, 2.24) is 19.8 Å². The Balaban J connectivity index is 0.000000201. The van der Waals surface area contributed by atoms with Crippen molar-refractivity contribution < 1.29 is 31.2 Å². The van der Waals surface area contributed by atoms with Crippen molar-refractivity contribution in [3.8, 4) is 0 Å². The number of rotatable bonds is 11. The van der Waals surface area contributed by atoms with Crippen molar-refractivity contribution in [2.45, 2.75) is 39.0 Å².